The Morgan fingerprint density at radius 1 is 1.06 bits per heavy atom. The molecule has 2 aromatic rings. The monoisotopic (exact) mass is 474 g/mol. The number of aromatic nitrogens is 2. The molecule has 0 saturated heterocycles. The highest BCUT2D eigenvalue weighted by Crippen LogP contribution is 2.26. The van der Waals surface area contributed by atoms with Crippen LogP contribution in [0, 0.1) is 10.1 Å². The van der Waals surface area contributed by atoms with Crippen molar-refractivity contribution >= 4 is 17.6 Å². The minimum atomic E-state index is -0.351. The maximum atomic E-state index is 11.1. The Hall–Kier alpha value is -1.94. The fraction of sp³-hybridized carbons (Fsp3) is 0.625. The number of hydrogen-bond donors (Lipinski definition) is 3. The first-order valence-electron chi connectivity index (χ1n) is 12.3. The maximum Gasteiger partial charge on any atom is 0.284 e. The first-order valence-corrected chi connectivity index (χ1v) is 13.1. The van der Waals surface area contributed by atoms with Crippen molar-refractivity contribution in [1.29, 1.82) is 0 Å². The standard InChI is InChI=1S/C24H38N6O2S/c31-30(32)23-11-4-5-12-24(23)33-28-17-13-22-19-29(20-27-22)18-7-6-14-25-15-8-16-26-21-9-2-1-3-10-21/h4-5,11-12,19-21,25-26,28H,1-3,6-10,13-18H2. The Morgan fingerprint density at radius 3 is 2.73 bits per heavy atom. The highest BCUT2D eigenvalue weighted by atomic mass is 32.2. The van der Waals surface area contributed by atoms with Gasteiger partial charge in [0.25, 0.3) is 5.69 Å². The number of nitrogens with one attached hydrogen (secondary N) is 3. The summed E-state index contributed by atoms with van der Waals surface area (Å²) in [6.45, 7) is 4.97. The number of aryl methyl sites for hydroxylation is 1. The normalized spacial score (nSPS) is 14.5. The predicted molar refractivity (Wildman–Crippen MR) is 134 cm³/mol. The fourth-order valence-corrected chi connectivity index (χ4v) is 4.91. The molecule has 0 aliphatic heterocycles. The zero-order valence-electron chi connectivity index (χ0n) is 19.5. The van der Waals surface area contributed by atoms with Crippen LogP contribution in [0.15, 0.2) is 41.7 Å². The predicted octanol–water partition coefficient (Wildman–Crippen LogP) is 4.31. The minimum absolute atomic E-state index is 0.130. The number of para-hydroxylation sites is 1. The number of hydrogen-bond acceptors (Lipinski definition) is 7. The van der Waals surface area contributed by atoms with E-state index in [0.717, 1.165) is 57.2 Å². The second-order valence-corrected chi connectivity index (χ2v) is 9.61. The highest BCUT2D eigenvalue weighted by Gasteiger charge is 2.13. The van der Waals surface area contributed by atoms with E-state index in [0.29, 0.717) is 11.4 Å². The molecule has 1 aromatic carbocycles. The van der Waals surface area contributed by atoms with Gasteiger partial charge >= 0.3 is 0 Å². The van der Waals surface area contributed by atoms with Crippen LogP contribution in [0.2, 0.25) is 0 Å². The van der Waals surface area contributed by atoms with Gasteiger partial charge in [0.1, 0.15) is 4.90 Å². The smallest absolute Gasteiger partial charge is 0.284 e. The van der Waals surface area contributed by atoms with E-state index in [9.17, 15) is 10.1 Å². The third-order valence-electron chi connectivity index (χ3n) is 6.00. The van der Waals surface area contributed by atoms with Crippen molar-refractivity contribution in [2.24, 2.45) is 0 Å². The molecular weight excluding hydrogens is 436 g/mol. The van der Waals surface area contributed by atoms with E-state index >= 15 is 0 Å². The van der Waals surface area contributed by atoms with Gasteiger partial charge in [0.2, 0.25) is 0 Å². The van der Waals surface area contributed by atoms with Crippen molar-refractivity contribution in [3.05, 3.63) is 52.6 Å². The van der Waals surface area contributed by atoms with Gasteiger partial charge in [-0.15, -0.1) is 0 Å². The van der Waals surface area contributed by atoms with Crippen LogP contribution in [0.3, 0.4) is 0 Å². The van der Waals surface area contributed by atoms with E-state index in [1.165, 1.54) is 56.5 Å². The van der Waals surface area contributed by atoms with Crippen molar-refractivity contribution in [1.82, 2.24) is 24.9 Å². The van der Waals surface area contributed by atoms with Gasteiger partial charge in [-0.25, -0.2) is 4.98 Å². The molecule has 3 N–H and O–H groups in total. The molecule has 182 valence electrons. The van der Waals surface area contributed by atoms with Crippen molar-refractivity contribution in [3.63, 3.8) is 0 Å². The van der Waals surface area contributed by atoms with Gasteiger partial charge in [0.05, 0.1) is 16.9 Å². The Labute approximate surface area is 201 Å². The number of imidazole rings is 1. The summed E-state index contributed by atoms with van der Waals surface area (Å²) in [5.41, 5.74) is 1.17. The van der Waals surface area contributed by atoms with Crippen LogP contribution >= 0.6 is 11.9 Å². The number of benzene rings is 1. The van der Waals surface area contributed by atoms with Gasteiger partial charge in [-0.05, 0) is 69.8 Å². The number of nitro groups is 1. The summed E-state index contributed by atoms with van der Waals surface area (Å²) in [6.07, 6.45) is 15.2. The molecule has 3 rings (SSSR count). The number of nitro benzene ring substituents is 1. The molecule has 1 fully saturated rings. The maximum absolute atomic E-state index is 11.1. The van der Waals surface area contributed by atoms with Crippen LogP contribution in [0.1, 0.15) is 57.1 Å². The van der Waals surface area contributed by atoms with Crippen LogP contribution in [0.25, 0.3) is 0 Å². The average Bonchev–Trinajstić information content (AvgIpc) is 3.29. The van der Waals surface area contributed by atoms with Crippen LogP contribution in [0.4, 0.5) is 5.69 Å². The van der Waals surface area contributed by atoms with E-state index < -0.39 is 0 Å². The molecule has 9 heteroatoms. The molecule has 1 heterocycles. The lowest BCUT2D eigenvalue weighted by Gasteiger charge is -2.22. The summed E-state index contributed by atoms with van der Waals surface area (Å²) in [6, 6.07) is 7.54. The van der Waals surface area contributed by atoms with Crippen LogP contribution in [0.5, 0.6) is 0 Å². The van der Waals surface area contributed by atoms with Crippen LogP contribution < -0.4 is 15.4 Å². The number of unbranched alkanes of at least 4 members (excludes halogenated alkanes) is 1. The Morgan fingerprint density at radius 2 is 1.88 bits per heavy atom. The third-order valence-corrected chi connectivity index (χ3v) is 6.92. The summed E-state index contributed by atoms with van der Waals surface area (Å²) < 4.78 is 5.36. The lowest BCUT2D eigenvalue weighted by Crippen LogP contribution is -2.33. The molecule has 1 saturated carbocycles. The molecule has 1 aromatic heterocycles. The molecule has 0 atom stereocenters. The van der Waals surface area contributed by atoms with Crippen molar-refractivity contribution in [2.45, 2.75) is 75.3 Å². The molecule has 1 aliphatic rings. The second-order valence-electron chi connectivity index (χ2n) is 8.67. The van der Waals surface area contributed by atoms with E-state index in [1.54, 1.807) is 12.1 Å². The summed E-state index contributed by atoms with van der Waals surface area (Å²) in [4.78, 5) is 15.8. The van der Waals surface area contributed by atoms with Gasteiger partial charge in [0.15, 0.2) is 0 Å². The Balaban J connectivity index is 1.18. The fourth-order valence-electron chi connectivity index (χ4n) is 4.16. The van der Waals surface area contributed by atoms with E-state index in [4.69, 9.17) is 0 Å². The topological polar surface area (TPSA) is 97.0 Å². The van der Waals surface area contributed by atoms with Crippen molar-refractivity contribution < 1.29 is 4.92 Å². The van der Waals surface area contributed by atoms with Crippen LogP contribution in [-0.2, 0) is 13.0 Å². The largest absolute Gasteiger partial charge is 0.337 e. The minimum Gasteiger partial charge on any atom is -0.337 e. The lowest BCUT2D eigenvalue weighted by molar-refractivity contribution is -0.387. The molecule has 33 heavy (non-hydrogen) atoms. The molecule has 0 unspecified atom stereocenters. The SMILES string of the molecule is O=[N+]([O-])c1ccccc1SNCCc1cn(CCCCNCCCNC2CCCCC2)cn1. The molecule has 0 spiro atoms. The first-order chi connectivity index (χ1) is 16.2. The third kappa shape index (κ3) is 9.83. The Bertz CT molecular complexity index is 825. The van der Waals surface area contributed by atoms with Crippen molar-refractivity contribution in [2.75, 3.05) is 26.2 Å². The van der Waals surface area contributed by atoms with Gasteiger partial charge in [0, 0.05) is 37.8 Å². The molecule has 8 nitrogen and oxygen atoms in total. The second kappa shape index (κ2) is 15.1. The molecule has 0 bridgehead atoms. The number of rotatable bonds is 16. The molecular formula is C24H38N6O2S. The summed E-state index contributed by atoms with van der Waals surface area (Å²) in [5.74, 6) is 0. The van der Waals surface area contributed by atoms with Gasteiger partial charge in [-0.1, -0.05) is 31.4 Å². The molecule has 0 radical (unpaired) electrons. The molecule has 1 aliphatic carbocycles. The summed E-state index contributed by atoms with van der Waals surface area (Å²) >= 11 is 1.30. The van der Waals surface area contributed by atoms with Gasteiger partial charge in [-0.2, -0.15) is 0 Å². The summed E-state index contributed by atoms with van der Waals surface area (Å²) in [5, 5.41) is 18.3. The summed E-state index contributed by atoms with van der Waals surface area (Å²) in [7, 11) is 0. The van der Waals surface area contributed by atoms with E-state index in [-0.39, 0.29) is 10.6 Å². The van der Waals surface area contributed by atoms with E-state index in [2.05, 4.69) is 31.1 Å². The molecule has 0 amide bonds. The first kappa shape index (κ1) is 25.7. The lowest BCUT2D eigenvalue weighted by atomic mass is 9.95. The van der Waals surface area contributed by atoms with Crippen LogP contribution in [-0.4, -0.2) is 46.7 Å². The zero-order chi connectivity index (χ0) is 23.1. The average molecular weight is 475 g/mol. The van der Waals surface area contributed by atoms with Crippen molar-refractivity contribution in [3.8, 4) is 0 Å². The quantitative estimate of drug-likeness (QED) is 0.144. The highest BCUT2D eigenvalue weighted by molar-refractivity contribution is 7.97. The number of nitrogens with zero attached hydrogens (tertiary/aromatic N) is 3. The van der Waals surface area contributed by atoms with E-state index in [1.807, 2.05) is 12.4 Å². The Kier molecular flexibility index (Phi) is 11.7. The zero-order valence-corrected chi connectivity index (χ0v) is 20.3. The van der Waals surface area contributed by atoms with Gasteiger partial charge < -0.3 is 15.2 Å². The van der Waals surface area contributed by atoms with Gasteiger partial charge in [-0.3, -0.25) is 14.8 Å².